The molecule has 1 aliphatic heterocycles. The van der Waals surface area contributed by atoms with Gasteiger partial charge in [-0.3, -0.25) is 9.78 Å². The molecule has 0 bridgehead atoms. The molecule has 0 radical (unpaired) electrons. The van der Waals surface area contributed by atoms with Crippen LogP contribution < -0.4 is 10.2 Å². The van der Waals surface area contributed by atoms with Gasteiger partial charge in [0.2, 0.25) is 0 Å². The largest absolute Gasteiger partial charge is 0.371 e. The molecular formula is C17H19N3O. The lowest BCUT2D eigenvalue weighted by atomic mass is 10.0. The number of pyridine rings is 1. The zero-order valence-corrected chi connectivity index (χ0v) is 11.9. The van der Waals surface area contributed by atoms with Gasteiger partial charge in [0.05, 0.1) is 0 Å². The van der Waals surface area contributed by atoms with Crippen LogP contribution >= 0.6 is 0 Å². The Morgan fingerprint density at radius 2 is 1.76 bits per heavy atom. The summed E-state index contributed by atoms with van der Waals surface area (Å²) in [6, 6.07) is 16.0. The number of benzene rings is 1. The summed E-state index contributed by atoms with van der Waals surface area (Å²) in [6.07, 6.45) is 3.58. The maximum absolute atomic E-state index is 12.1. The number of carbonyl (C=O) groups excluding carboxylic acids is 1. The summed E-state index contributed by atoms with van der Waals surface area (Å²) in [5.74, 6) is -0.0752. The fraction of sp³-hybridized carbons (Fsp3) is 0.294. The van der Waals surface area contributed by atoms with Crippen LogP contribution in [0.3, 0.4) is 0 Å². The highest BCUT2D eigenvalue weighted by Crippen LogP contribution is 2.19. The number of nitrogens with zero attached hydrogens (tertiary/aromatic N) is 2. The number of hydrogen-bond donors (Lipinski definition) is 1. The van der Waals surface area contributed by atoms with E-state index in [-0.39, 0.29) is 11.9 Å². The lowest BCUT2D eigenvalue weighted by molar-refractivity contribution is 0.0926. The molecule has 1 N–H and O–H groups in total. The van der Waals surface area contributed by atoms with Gasteiger partial charge in [0.15, 0.2) is 0 Å². The summed E-state index contributed by atoms with van der Waals surface area (Å²) in [7, 11) is 0. The molecule has 1 aromatic carbocycles. The van der Waals surface area contributed by atoms with Crippen molar-refractivity contribution in [3.8, 4) is 0 Å². The monoisotopic (exact) mass is 281 g/mol. The van der Waals surface area contributed by atoms with E-state index >= 15 is 0 Å². The lowest BCUT2D eigenvalue weighted by Crippen LogP contribution is -2.44. The molecule has 0 atom stereocenters. The molecule has 108 valence electrons. The Morgan fingerprint density at radius 3 is 2.43 bits per heavy atom. The number of rotatable bonds is 3. The Labute approximate surface area is 124 Å². The van der Waals surface area contributed by atoms with Crippen molar-refractivity contribution in [2.24, 2.45) is 0 Å². The number of aromatic nitrogens is 1. The summed E-state index contributed by atoms with van der Waals surface area (Å²) >= 11 is 0. The van der Waals surface area contributed by atoms with Crippen LogP contribution in [0.15, 0.2) is 54.7 Å². The van der Waals surface area contributed by atoms with Crippen LogP contribution in [0.1, 0.15) is 23.3 Å². The molecule has 21 heavy (non-hydrogen) atoms. The van der Waals surface area contributed by atoms with Gasteiger partial charge in [-0.2, -0.15) is 0 Å². The third kappa shape index (κ3) is 3.40. The fourth-order valence-corrected chi connectivity index (χ4v) is 2.68. The normalized spacial score (nSPS) is 15.7. The highest BCUT2D eigenvalue weighted by atomic mass is 16.1. The van der Waals surface area contributed by atoms with E-state index < -0.39 is 0 Å². The molecule has 1 aromatic heterocycles. The second-order valence-electron chi connectivity index (χ2n) is 5.29. The average Bonchev–Trinajstić information content (AvgIpc) is 2.57. The van der Waals surface area contributed by atoms with Crippen molar-refractivity contribution < 1.29 is 4.79 Å². The van der Waals surface area contributed by atoms with E-state index in [0.29, 0.717) is 5.69 Å². The third-order valence-corrected chi connectivity index (χ3v) is 3.85. The molecule has 1 amide bonds. The molecule has 4 nitrogen and oxygen atoms in total. The molecule has 1 aliphatic rings. The minimum atomic E-state index is -0.0752. The van der Waals surface area contributed by atoms with Gasteiger partial charge < -0.3 is 10.2 Å². The Bertz CT molecular complexity index is 577. The first kappa shape index (κ1) is 13.6. The first-order chi connectivity index (χ1) is 10.3. The number of carbonyl (C=O) groups is 1. The van der Waals surface area contributed by atoms with Crippen molar-refractivity contribution in [2.75, 3.05) is 18.0 Å². The summed E-state index contributed by atoms with van der Waals surface area (Å²) < 4.78 is 0. The van der Waals surface area contributed by atoms with E-state index in [9.17, 15) is 4.79 Å². The fourth-order valence-electron chi connectivity index (χ4n) is 2.68. The molecular weight excluding hydrogens is 262 g/mol. The van der Waals surface area contributed by atoms with Crippen LogP contribution in [0.5, 0.6) is 0 Å². The predicted octanol–water partition coefficient (Wildman–Crippen LogP) is 2.48. The van der Waals surface area contributed by atoms with E-state index in [1.54, 1.807) is 12.3 Å². The molecule has 1 fully saturated rings. The minimum Gasteiger partial charge on any atom is -0.371 e. The summed E-state index contributed by atoms with van der Waals surface area (Å²) in [6.45, 7) is 1.94. The first-order valence-corrected chi connectivity index (χ1v) is 7.35. The SMILES string of the molecule is O=C(NC1CCN(c2ccccc2)CC1)c1ccccn1. The molecule has 4 heteroatoms. The first-order valence-electron chi connectivity index (χ1n) is 7.35. The van der Waals surface area contributed by atoms with Gasteiger partial charge in [0.25, 0.3) is 5.91 Å². The van der Waals surface area contributed by atoms with E-state index in [4.69, 9.17) is 0 Å². The number of para-hydroxylation sites is 1. The zero-order chi connectivity index (χ0) is 14.5. The second-order valence-corrected chi connectivity index (χ2v) is 5.29. The molecule has 0 unspecified atom stereocenters. The van der Waals surface area contributed by atoms with Gasteiger partial charge in [-0.25, -0.2) is 0 Å². The minimum absolute atomic E-state index is 0.0752. The molecule has 3 rings (SSSR count). The summed E-state index contributed by atoms with van der Waals surface area (Å²) in [5, 5.41) is 3.08. The highest BCUT2D eigenvalue weighted by Gasteiger charge is 2.21. The Balaban J connectivity index is 1.53. The van der Waals surface area contributed by atoms with Gasteiger partial charge in [-0.1, -0.05) is 24.3 Å². The van der Waals surface area contributed by atoms with Crippen LogP contribution in [0.25, 0.3) is 0 Å². The van der Waals surface area contributed by atoms with Crippen LogP contribution in [0.4, 0.5) is 5.69 Å². The molecule has 0 aliphatic carbocycles. The zero-order valence-electron chi connectivity index (χ0n) is 11.9. The number of anilines is 1. The summed E-state index contributed by atoms with van der Waals surface area (Å²) in [4.78, 5) is 18.5. The van der Waals surface area contributed by atoms with Crippen molar-refractivity contribution in [3.05, 3.63) is 60.4 Å². The van der Waals surface area contributed by atoms with Crippen LogP contribution in [-0.2, 0) is 0 Å². The van der Waals surface area contributed by atoms with Gasteiger partial charge >= 0.3 is 0 Å². The van der Waals surface area contributed by atoms with E-state index in [2.05, 4.69) is 39.5 Å². The average molecular weight is 281 g/mol. The predicted molar refractivity (Wildman–Crippen MR) is 83.4 cm³/mol. The Hall–Kier alpha value is -2.36. The topological polar surface area (TPSA) is 45.2 Å². The highest BCUT2D eigenvalue weighted by molar-refractivity contribution is 5.92. The Morgan fingerprint density at radius 1 is 1.05 bits per heavy atom. The van der Waals surface area contributed by atoms with Crippen LogP contribution in [0, 0.1) is 0 Å². The van der Waals surface area contributed by atoms with Gasteiger partial charge in [-0.15, -0.1) is 0 Å². The number of nitrogens with one attached hydrogen (secondary N) is 1. The van der Waals surface area contributed by atoms with Gasteiger partial charge in [-0.05, 0) is 37.1 Å². The molecule has 1 saturated heterocycles. The van der Waals surface area contributed by atoms with Crippen LogP contribution in [-0.4, -0.2) is 30.0 Å². The van der Waals surface area contributed by atoms with Gasteiger partial charge in [0.1, 0.15) is 5.69 Å². The quantitative estimate of drug-likeness (QED) is 0.940. The van der Waals surface area contributed by atoms with E-state index in [1.165, 1.54) is 5.69 Å². The van der Waals surface area contributed by atoms with Crippen molar-refractivity contribution in [3.63, 3.8) is 0 Å². The lowest BCUT2D eigenvalue weighted by Gasteiger charge is -2.33. The number of piperidine rings is 1. The van der Waals surface area contributed by atoms with Crippen molar-refractivity contribution in [2.45, 2.75) is 18.9 Å². The van der Waals surface area contributed by atoms with Gasteiger partial charge in [0, 0.05) is 31.0 Å². The number of hydrogen-bond acceptors (Lipinski definition) is 3. The maximum Gasteiger partial charge on any atom is 0.270 e. The second kappa shape index (κ2) is 6.39. The molecule has 0 saturated carbocycles. The van der Waals surface area contributed by atoms with Crippen molar-refractivity contribution in [1.29, 1.82) is 0 Å². The smallest absolute Gasteiger partial charge is 0.270 e. The summed E-state index contributed by atoms with van der Waals surface area (Å²) in [5.41, 5.74) is 1.75. The van der Waals surface area contributed by atoms with Crippen molar-refractivity contribution >= 4 is 11.6 Å². The molecule has 2 aromatic rings. The standard InChI is InChI=1S/C17H19N3O/c21-17(16-8-4-5-11-18-16)19-14-9-12-20(13-10-14)15-6-2-1-3-7-15/h1-8,11,14H,9-10,12-13H2,(H,19,21). The van der Waals surface area contributed by atoms with E-state index in [1.807, 2.05) is 18.2 Å². The maximum atomic E-state index is 12.1. The number of amides is 1. The van der Waals surface area contributed by atoms with Crippen LogP contribution in [0.2, 0.25) is 0 Å². The van der Waals surface area contributed by atoms with E-state index in [0.717, 1.165) is 25.9 Å². The van der Waals surface area contributed by atoms with Crippen molar-refractivity contribution in [1.82, 2.24) is 10.3 Å². The molecule has 2 heterocycles. The third-order valence-electron chi connectivity index (χ3n) is 3.85. The molecule has 0 spiro atoms. The Kier molecular flexibility index (Phi) is 4.15.